The summed E-state index contributed by atoms with van der Waals surface area (Å²) in [6, 6.07) is 0.323. The Bertz CT molecular complexity index is 320. The van der Waals surface area contributed by atoms with E-state index in [4.69, 9.17) is 0 Å². The second-order valence-corrected chi connectivity index (χ2v) is 6.28. The van der Waals surface area contributed by atoms with Crippen LogP contribution in [0.25, 0.3) is 0 Å². The molecule has 1 saturated heterocycles. The van der Waals surface area contributed by atoms with Crippen molar-refractivity contribution in [3.63, 3.8) is 0 Å². The highest BCUT2D eigenvalue weighted by molar-refractivity contribution is 5.04. The molecule has 3 nitrogen and oxygen atoms in total. The fraction of sp³-hybridized carbons (Fsp3) is 1.00. The smallest absolute Gasteiger partial charge is 0.308 e. The maximum atomic E-state index is 12.1. The Hall–Kier alpha value is -0.330. The average Bonchev–Trinajstić information content (AvgIpc) is 3.15. The summed E-state index contributed by atoms with van der Waals surface area (Å²) in [5, 5.41) is 3.62. The van der Waals surface area contributed by atoms with Crippen LogP contribution in [0, 0.1) is 5.92 Å². The Balaban J connectivity index is 1.89. The van der Waals surface area contributed by atoms with Crippen LogP contribution in [-0.2, 0) is 4.74 Å². The SMILES string of the molecule is CCCC1CNC(C)(C2CC2)CN1CCOC(F)(F)F. The maximum Gasteiger partial charge on any atom is 0.522 e. The number of rotatable bonds is 6. The van der Waals surface area contributed by atoms with E-state index in [1.165, 1.54) is 12.8 Å². The molecule has 0 spiro atoms. The number of hydrogen-bond donors (Lipinski definition) is 1. The second-order valence-electron chi connectivity index (χ2n) is 6.28. The molecule has 0 bridgehead atoms. The van der Waals surface area contributed by atoms with Crippen LogP contribution in [0.2, 0.25) is 0 Å². The second kappa shape index (κ2) is 6.20. The summed E-state index contributed by atoms with van der Waals surface area (Å²) >= 11 is 0. The summed E-state index contributed by atoms with van der Waals surface area (Å²) in [4.78, 5) is 2.18. The van der Waals surface area contributed by atoms with Gasteiger partial charge < -0.3 is 5.32 Å². The highest BCUT2D eigenvalue weighted by Crippen LogP contribution is 2.41. The standard InChI is InChI=1S/C14H25F3N2O/c1-3-4-12-9-18-13(2,11-5-6-11)10-19(12)7-8-20-14(15,16)17/h11-12,18H,3-10H2,1-2H3. The van der Waals surface area contributed by atoms with Crippen molar-refractivity contribution in [2.45, 2.75) is 57.5 Å². The topological polar surface area (TPSA) is 24.5 Å². The molecule has 1 N–H and O–H groups in total. The lowest BCUT2D eigenvalue weighted by Gasteiger charge is -2.46. The zero-order chi connectivity index (χ0) is 14.8. The Kier molecular flexibility index (Phi) is 4.97. The van der Waals surface area contributed by atoms with Crippen molar-refractivity contribution in [1.29, 1.82) is 0 Å². The quantitative estimate of drug-likeness (QED) is 0.815. The van der Waals surface area contributed by atoms with Gasteiger partial charge >= 0.3 is 6.36 Å². The fourth-order valence-electron chi connectivity index (χ4n) is 3.24. The molecule has 0 aromatic rings. The highest BCUT2D eigenvalue weighted by atomic mass is 19.4. The number of hydrogen-bond acceptors (Lipinski definition) is 3. The molecule has 1 heterocycles. The van der Waals surface area contributed by atoms with Gasteiger partial charge in [0.05, 0.1) is 6.61 Å². The minimum absolute atomic E-state index is 0.0580. The Labute approximate surface area is 118 Å². The van der Waals surface area contributed by atoms with E-state index in [0.29, 0.717) is 18.5 Å². The van der Waals surface area contributed by atoms with Crippen molar-refractivity contribution in [1.82, 2.24) is 10.2 Å². The Morgan fingerprint density at radius 1 is 1.35 bits per heavy atom. The van der Waals surface area contributed by atoms with E-state index >= 15 is 0 Å². The molecule has 0 amide bonds. The number of alkyl halides is 3. The van der Waals surface area contributed by atoms with Gasteiger partial charge in [-0.1, -0.05) is 13.3 Å². The summed E-state index contributed by atoms with van der Waals surface area (Å²) in [5.41, 5.74) is 0.0580. The summed E-state index contributed by atoms with van der Waals surface area (Å²) in [6.45, 7) is 6.08. The number of nitrogens with zero attached hydrogens (tertiary/aromatic N) is 1. The van der Waals surface area contributed by atoms with Crippen LogP contribution in [0.5, 0.6) is 0 Å². The van der Waals surface area contributed by atoms with Gasteiger partial charge in [0.2, 0.25) is 0 Å². The third-order valence-electron chi connectivity index (χ3n) is 4.53. The molecule has 2 atom stereocenters. The summed E-state index contributed by atoms with van der Waals surface area (Å²) < 4.78 is 40.2. The maximum absolute atomic E-state index is 12.1. The first-order valence-electron chi connectivity index (χ1n) is 7.54. The number of piperazine rings is 1. The lowest BCUT2D eigenvalue weighted by molar-refractivity contribution is -0.325. The average molecular weight is 294 g/mol. The lowest BCUT2D eigenvalue weighted by atomic mass is 9.90. The minimum atomic E-state index is -4.52. The van der Waals surface area contributed by atoms with Gasteiger partial charge in [0, 0.05) is 31.2 Å². The van der Waals surface area contributed by atoms with Gasteiger partial charge in [0.15, 0.2) is 0 Å². The number of ether oxygens (including phenoxy) is 1. The van der Waals surface area contributed by atoms with Crippen LogP contribution in [0.1, 0.15) is 39.5 Å². The molecule has 0 radical (unpaired) electrons. The zero-order valence-corrected chi connectivity index (χ0v) is 12.3. The van der Waals surface area contributed by atoms with E-state index in [-0.39, 0.29) is 12.1 Å². The van der Waals surface area contributed by atoms with E-state index in [0.717, 1.165) is 25.9 Å². The Morgan fingerprint density at radius 3 is 2.60 bits per heavy atom. The number of nitrogens with one attached hydrogen (secondary N) is 1. The van der Waals surface area contributed by atoms with Crippen LogP contribution in [-0.4, -0.2) is 49.1 Å². The molecule has 2 aliphatic rings. The van der Waals surface area contributed by atoms with Gasteiger partial charge in [-0.3, -0.25) is 9.64 Å². The first-order valence-corrected chi connectivity index (χ1v) is 7.54. The summed E-state index contributed by atoms with van der Waals surface area (Å²) in [6.07, 6.45) is 0.000633. The van der Waals surface area contributed by atoms with Gasteiger partial charge in [-0.2, -0.15) is 0 Å². The molecule has 1 aliphatic carbocycles. The third kappa shape index (κ3) is 4.33. The fourth-order valence-corrected chi connectivity index (χ4v) is 3.24. The molecule has 1 saturated carbocycles. The van der Waals surface area contributed by atoms with Crippen LogP contribution < -0.4 is 5.32 Å². The van der Waals surface area contributed by atoms with Crippen LogP contribution in [0.3, 0.4) is 0 Å². The zero-order valence-electron chi connectivity index (χ0n) is 12.3. The highest BCUT2D eigenvalue weighted by Gasteiger charge is 2.45. The predicted molar refractivity (Wildman–Crippen MR) is 71.4 cm³/mol. The third-order valence-corrected chi connectivity index (χ3v) is 4.53. The molecule has 0 aromatic carbocycles. The van der Waals surface area contributed by atoms with Gasteiger partial charge in [0.1, 0.15) is 0 Å². The lowest BCUT2D eigenvalue weighted by Crippen LogP contribution is -2.64. The summed E-state index contributed by atoms with van der Waals surface area (Å²) in [7, 11) is 0. The Morgan fingerprint density at radius 2 is 2.05 bits per heavy atom. The number of halogens is 3. The summed E-state index contributed by atoms with van der Waals surface area (Å²) in [5.74, 6) is 0.677. The van der Waals surface area contributed by atoms with Crippen LogP contribution in [0.4, 0.5) is 13.2 Å². The van der Waals surface area contributed by atoms with Gasteiger partial charge in [-0.05, 0) is 32.1 Å². The minimum Gasteiger partial charge on any atom is -0.308 e. The molecular weight excluding hydrogens is 269 g/mol. The van der Waals surface area contributed by atoms with Crippen molar-refractivity contribution in [2.24, 2.45) is 5.92 Å². The first kappa shape index (κ1) is 16.0. The van der Waals surface area contributed by atoms with Crippen molar-refractivity contribution in [3.05, 3.63) is 0 Å². The van der Waals surface area contributed by atoms with Crippen LogP contribution >= 0.6 is 0 Å². The molecule has 2 fully saturated rings. The first-order chi connectivity index (χ1) is 9.34. The van der Waals surface area contributed by atoms with Gasteiger partial charge in [0.25, 0.3) is 0 Å². The molecule has 2 unspecified atom stereocenters. The van der Waals surface area contributed by atoms with Crippen molar-refractivity contribution >= 4 is 0 Å². The van der Waals surface area contributed by atoms with E-state index in [1.807, 2.05) is 0 Å². The monoisotopic (exact) mass is 294 g/mol. The molecule has 2 rings (SSSR count). The van der Waals surface area contributed by atoms with E-state index < -0.39 is 6.36 Å². The predicted octanol–water partition coefficient (Wildman–Crippen LogP) is 2.77. The van der Waals surface area contributed by atoms with Crippen LogP contribution in [0.15, 0.2) is 0 Å². The van der Waals surface area contributed by atoms with Crippen molar-refractivity contribution < 1.29 is 17.9 Å². The molecular formula is C14H25F3N2O. The molecule has 20 heavy (non-hydrogen) atoms. The molecule has 6 heteroatoms. The molecule has 1 aliphatic heterocycles. The normalized spacial score (nSPS) is 32.5. The molecule has 0 aromatic heterocycles. The van der Waals surface area contributed by atoms with E-state index in [2.05, 4.69) is 28.8 Å². The molecule has 118 valence electrons. The van der Waals surface area contributed by atoms with Gasteiger partial charge in [-0.15, -0.1) is 13.2 Å². The van der Waals surface area contributed by atoms with E-state index in [1.54, 1.807) is 0 Å². The van der Waals surface area contributed by atoms with Crippen molar-refractivity contribution in [3.8, 4) is 0 Å². The van der Waals surface area contributed by atoms with Crippen molar-refractivity contribution in [2.75, 3.05) is 26.2 Å². The van der Waals surface area contributed by atoms with E-state index in [9.17, 15) is 13.2 Å². The van der Waals surface area contributed by atoms with Gasteiger partial charge in [-0.25, -0.2) is 0 Å². The largest absolute Gasteiger partial charge is 0.522 e.